The molecule has 0 saturated heterocycles. The highest BCUT2D eigenvalue weighted by Crippen LogP contribution is 2.51. The van der Waals surface area contributed by atoms with Crippen LogP contribution in [0.15, 0.2) is 94.7 Å². The molecule has 6 nitrogen and oxygen atoms in total. The standard InChI is InChI=1S/C46H51N2O4/c1-5-47(6-2)33-13-15-35-31(23-41(51-43(35)25-33)37-19-27-9-11-29(37)17-27)21-39-45(49)40(46(39)50)22-32-24-42(38-20-28-10-12-30(38)18-28)52-44-26-34(14-16-36(32)44)48(7-3)8-4/h9-16,21-30,37-39,45,49H,5-8,17-20H2,1-4H3/q+1/p+1. The summed E-state index contributed by atoms with van der Waals surface area (Å²) in [7, 11) is 0. The Morgan fingerprint density at radius 1 is 0.808 bits per heavy atom. The van der Waals surface area contributed by atoms with Gasteiger partial charge in [0.05, 0.1) is 22.9 Å². The third-order valence-electron chi connectivity index (χ3n) is 13.1. The average Bonchev–Trinajstić information content (AvgIpc) is 4.00. The van der Waals surface area contributed by atoms with E-state index >= 15 is 0 Å². The molecule has 268 valence electrons. The van der Waals surface area contributed by atoms with Crippen molar-refractivity contribution in [2.24, 2.45) is 35.5 Å². The van der Waals surface area contributed by atoms with Crippen molar-refractivity contribution in [2.45, 2.75) is 65.4 Å². The molecule has 9 rings (SSSR count). The van der Waals surface area contributed by atoms with Crippen LogP contribution < -0.4 is 14.5 Å². The van der Waals surface area contributed by atoms with Crippen molar-refractivity contribution < 1.29 is 19.1 Å². The molecule has 1 aliphatic heterocycles. The lowest BCUT2D eigenvalue weighted by Crippen LogP contribution is -2.44. The minimum absolute atomic E-state index is 0.226. The van der Waals surface area contributed by atoms with Crippen LogP contribution in [0.3, 0.4) is 0 Å². The van der Waals surface area contributed by atoms with Crippen molar-refractivity contribution >= 4 is 39.8 Å². The van der Waals surface area contributed by atoms with Crippen LogP contribution in [0.5, 0.6) is 5.75 Å². The summed E-state index contributed by atoms with van der Waals surface area (Å²) in [5, 5.41) is 12.7. The van der Waals surface area contributed by atoms with E-state index in [-0.39, 0.29) is 5.78 Å². The van der Waals surface area contributed by atoms with Gasteiger partial charge in [0.2, 0.25) is 0 Å². The van der Waals surface area contributed by atoms with Gasteiger partial charge in [0, 0.05) is 66.7 Å². The summed E-state index contributed by atoms with van der Waals surface area (Å²) in [4.78, 5) is 16.3. The molecule has 2 heterocycles. The Morgan fingerprint density at radius 3 is 2.08 bits per heavy atom. The maximum atomic E-state index is 11.7. The fourth-order valence-electron chi connectivity index (χ4n) is 10.1. The van der Waals surface area contributed by atoms with E-state index in [0.717, 1.165) is 95.3 Å². The predicted octanol–water partition coefficient (Wildman–Crippen LogP) is 9.58. The second-order valence-electron chi connectivity index (χ2n) is 15.8. The summed E-state index contributed by atoms with van der Waals surface area (Å²) in [5.41, 5.74) is 6.70. The molecule has 2 aromatic carbocycles. The maximum absolute atomic E-state index is 11.7. The number of hydrogen-bond donors (Lipinski definition) is 1. The van der Waals surface area contributed by atoms with Crippen LogP contribution in [-0.2, 0) is 0 Å². The van der Waals surface area contributed by atoms with E-state index in [1.165, 1.54) is 12.8 Å². The second kappa shape index (κ2) is 13.2. The lowest BCUT2D eigenvalue weighted by Gasteiger charge is -2.31. The minimum atomic E-state index is -0.827. The smallest absolute Gasteiger partial charge is 0.362 e. The number of ether oxygens (including phenoxy) is 1. The van der Waals surface area contributed by atoms with Crippen molar-refractivity contribution in [3.8, 4) is 5.75 Å². The van der Waals surface area contributed by atoms with E-state index < -0.39 is 12.0 Å². The van der Waals surface area contributed by atoms with E-state index in [1.54, 1.807) is 0 Å². The number of anilines is 2. The highest BCUT2D eigenvalue weighted by Gasteiger charge is 2.50. The predicted molar refractivity (Wildman–Crippen MR) is 212 cm³/mol. The van der Waals surface area contributed by atoms with Crippen LogP contribution in [0.4, 0.5) is 11.4 Å². The number of carbonyl (C=O) groups excluding carboxylic acids is 1. The van der Waals surface area contributed by atoms with Gasteiger partial charge in [0.1, 0.15) is 23.5 Å². The Balaban J connectivity index is 1.07. The van der Waals surface area contributed by atoms with Crippen molar-refractivity contribution in [2.75, 3.05) is 36.0 Å². The molecule has 4 bridgehead atoms. The van der Waals surface area contributed by atoms with Crippen LogP contribution in [-0.4, -0.2) is 48.0 Å². The summed E-state index contributed by atoms with van der Waals surface area (Å²) >= 11 is 0. The molecule has 3 saturated carbocycles. The van der Waals surface area contributed by atoms with E-state index in [1.807, 2.05) is 6.08 Å². The molecule has 8 atom stereocenters. The normalized spacial score (nSPS) is 31.0. The van der Waals surface area contributed by atoms with E-state index in [0.29, 0.717) is 41.1 Å². The summed E-state index contributed by atoms with van der Waals surface area (Å²) < 4.78 is 13.4. The molecular weight excluding hydrogens is 645 g/mol. The lowest BCUT2D eigenvalue weighted by atomic mass is 9.73. The molecule has 52 heavy (non-hydrogen) atoms. The number of benzene rings is 2. The number of aliphatic hydroxyl groups is 1. The number of hydrogen-bond acceptors (Lipinski definition) is 4. The molecule has 1 aromatic heterocycles. The molecule has 6 aliphatic rings. The summed E-state index contributed by atoms with van der Waals surface area (Å²) in [6, 6.07) is 15.1. The molecule has 0 radical (unpaired) electrons. The van der Waals surface area contributed by atoms with Gasteiger partial charge in [-0.3, -0.25) is 4.79 Å². The van der Waals surface area contributed by atoms with Gasteiger partial charge in [-0.1, -0.05) is 30.4 Å². The van der Waals surface area contributed by atoms with Crippen molar-refractivity contribution in [1.29, 1.82) is 0 Å². The van der Waals surface area contributed by atoms with Crippen LogP contribution in [0.2, 0.25) is 0 Å². The zero-order valence-electron chi connectivity index (χ0n) is 31.0. The molecular formula is C46H52N2O4+2. The zero-order chi connectivity index (χ0) is 35.7. The monoisotopic (exact) mass is 696 g/mol. The van der Waals surface area contributed by atoms with Gasteiger partial charge in [0.15, 0.2) is 0 Å². The van der Waals surface area contributed by atoms with Crippen molar-refractivity contribution in [1.82, 2.24) is 0 Å². The highest BCUT2D eigenvalue weighted by molar-refractivity contribution is 6.12. The molecule has 6 heteroatoms. The summed E-state index contributed by atoms with van der Waals surface area (Å²) in [6.45, 7) is 12.4. The number of ketones is 1. The van der Waals surface area contributed by atoms with E-state index in [4.69, 9.17) is 9.15 Å². The Bertz CT molecular complexity index is 2080. The van der Waals surface area contributed by atoms with Crippen LogP contribution in [0, 0.1) is 35.5 Å². The number of rotatable bonds is 10. The summed E-state index contributed by atoms with van der Waals surface area (Å²) in [5.74, 6) is 5.53. The van der Waals surface area contributed by atoms with E-state index in [2.05, 4.69) is 116 Å². The fraction of sp³-hybridized carbons (Fsp3) is 0.435. The highest BCUT2D eigenvalue weighted by atomic mass is 16.5. The molecule has 5 aliphatic carbocycles. The Kier molecular flexibility index (Phi) is 8.49. The molecule has 3 aromatic rings. The lowest BCUT2D eigenvalue weighted by molar-refractivity contribution is 0.170. The van der Waals surface area contributed by atoms with E-state index in [9.17, 15) is 9.90 Å². The quantitative estimate of drug-likeness (QED) is 0.130. The Labute approximate surface area is 307 Å². The Morgan fingerprint density at radius 2 is 1.46 bits per heavy atom. The largest absolute Gasteiger partial charge is 0.461 e. The third-order valence-corrected chi connectivity index (χ3v) is 13.1. The van der Waals surface area contributed by atoms with Crippen LogP contribution in [0.25, 0.3) is 22.6 Å². The van der Waals surface area contributed by atoms with Gasteiger partial charge in [-0.25, -0.2) is 4.42 Å². The van der Waals surface area contributed by atoms with Gasteiger partial charge >= 0.3 is 17.1 Å². The number of nitrogens with zero attached hydrogens (tertiary/aromatic N) is 2. The zero-order valence-corrected chi connectivity index (χ0v) is 31.0. The van der Waals surface area contributed by atoms with Gasteiger partial charge < -0.3 is 19.6 Å². The first-order chi connectivity index (χ1) is 25.3. The minimum Gasteiger partial charge on any atom is -0.461 e. The van der Waals surface area contributed by atoms with Crippen molar-refractivity contribution in [3.63, 3.8) is 0 Å². The SMILES string of the molecule is CCN(CC)c1ccc2c(c1)OC(C1CC3C=CC1C3)=CC2=CC1C(=[OH+])C(=Cc2cc(C3CC4C=CC3C4)[o+]c3cc(N(CC)CC)ccc23)C1O. The molecule has 2 N–H and O–H groups in total. The van der Waals surface area contributed by atoms with Gasteiger partial charge in [0.25, 0.3) is 0 Å². The first-order valence-electron chi connectivity index (χ1n) is 19.8. The number of fused-ring (bicyclic) bond motifs is 6. The third kappa shape index (κ3) is 5.57. The van der Waals surface area contributed by atoms with Crippen LogP contribution in [0.1, 0.15) is 76.2 Å². The second-order valence-corrected chi connectivity index (χ2v) is 15.8. The number of aliphatic hydroxyl groups excluding tert-OH is 1. The molecule has 0 spiro atoms. The van der Waals surface area contributed by atoms with Gasteiger partial charge in [-0.15, -0.1) is 0 Å². The Hall–Kier alpha value is -4.42. The first-order valence-corrected chi connectivity index (χ1v) is 19.8. The fourth-order valence-corrected chi connectivity index (χ4v) is 10.1. The van der Waals surface area contributed by atoms with Gasteiger partial charge in [-0.05, 0) is 119 Å². The van der Waals surface area contributed by atoms with Crippen LogP contribution >= 0.6 is 0 Å². The topological polar surface area (TPSA) is 68.6 Å². The molecule has 8 unspecified atom stereocenters. The average molecular weight is 697 g/mol. The molecule has 0 amide bonds. The van der Waals surface area contributed by atoms with Crippen molar-refractivity contribution in [3.05, 3.63) is 107 Å². The maximum Gasteiger partial charge on any atom is 0.362 e. The van der Waals surface area contributed by atoms with Gasteiger partial charge in [-0.2, -0.15) is 0 Å². The number of allylic oxidation sites excluding steroid dienone is 7. The first kappa shape index (κ1) is 33.4. The summed E-state index contributed by atoms with van der Waals surface area (Å²) in [6.07, 6.45) is 19.5. The molecule has 3 fully saturated rings.